The van der Waals surface area contributed by atoms with Gasteiger partial charge in [0.2, 0.25) is 6.61 Å². The third-order valence-electron chi connectivity index (χ3n) is 7.22. The molecule has 1 aliphatic rings. The van der Waals surface area contributed by atoms with Gasteiger partial charge in [-0.05, 0) is 100 Å². The first-order chi connectivity index (χ1) is 21.2. The van der Waals surface area contributed by atoms with Crippen LogP contribution in [0.2, 0.25) is 0 Å². The summed E-state index contributed by atoms with van der Waals surface area (Å²) >= 11 is 0. The number of allylic oxidation sites excluding steroid dienone is 7. The lowest BCUT2D eigenvalue weighted by atomic mass is 9.83. The number of ether oxygens (including phenoxy) is 1. The van der Waals surface area contributed by atoms with Crippen LogP contribution in [-0.4, -0.2) is 31.6 Å². The summed E-state index contributed by atoms with van der Waals surface area (Å²) in [5.41, 5.74) is 11.5. The Morgan fingerprint density at radius 1 is 1.00 bits per heavy atom. The van der Waals surface area contributed by atoms with Crippen molar-refractivity contribution in [3.63, 3.8) is 0 Å². The number of para-hydroxylation sites is 1. The molecule has 0 bridgehead atoms. The van der Waals surface area contributed by atoms with Crippen molar-refractivity contribution >= 4 is 18.9 Å². The number of hydrogen-bond donors (Lipinski definition) is 0. The van der Waals surface area contributed by atoms with Crippen LogP contribution in [0.1, 0.15) is 81.8 Å². The molecule has 0 N–H and O–H groups in total. The molecule has 0 amide bonds. The molecule has 1 unspecified atom stereocenters. The Bertz CT molecular complexity index is 1490. The monoisotopic (exact) mass is 591 g/mol. The van der Waals surface area contributed by atoms with Gasteiger partial charge in [0.15, 0.2) is 0 Å². The van der Waals surface area contributed by atoms with Crippen LogP contribution >= 0.6 is 0 Å². The van der Waals surface area contributed by atoms with E-state index in [1.807, 2.05) is 69.6 Å². The molecule has 4 nitrogen and oxygen atoms in total. The lowest BCUT2D eigenvalue weighted by molar-refractivity contribution is -0.446. The molecule has 232 valence electrons. The summed E-state index contributed by atoms with van der Waals surface area (Å²) in [7, 11) is 0. The van der Waals surface area contributed by atoms with E-state index in [1.54, 1.807) is 6.08 Å². The molecule has 0 saturated heterocycles. The molecule has 0 aliphatic heterocycles. The Kier molecular flexibility index (Phi) is 15.0. The third kappa shape index (κ3) is 10.2. The van der Waals surface area contributed by atoms with Crippen LogP contribution in [0.3, 0.4) is 0 Å². The van der Waals surface area contributed by atoms with E-state index in [0.717, 1.165) is 17.6 Å². The maximum absolute atomic E-state index is 5.83. The number of aryl methyl sites for hydroxylation is 3. The lowest BCUT2D eigenvalue weighted by Gasteiger charge is -2.29. The zero-order valence-electron chi connectivity index (χ0n) is 28.3. The second kappa shape index (κ2) is 18.4. The van der Waals surface area contributed by atoms with E-state index in [0.29, 0.717) is 12.4 Å². The van der Waals surface area contributed by atoms with Gasteiger partial charge < -0.3 is 4.42 Å². The molecule has 0 saturated carbocycles. The second-order valence-corrected chi connectivity index (χ2v) is 10.9. The molecule has 1 aliphatic carbocycles. The number of nitrogens with zero attached hydrogens (tertiary/aromatic N) is 2. The van der Waals surface area contributed by atoms with Gasteiger partial charge in [0.1, 0.15) is 12.1 Å². The van der Waals surface area contributed by atoms with Gasteiger partial charge in [-0.1, -0.05) is 92.3 Å². The number of benzene rings is 2. The summed E-state index contributed by atoms with van der Waals surface area (Å²) in [6.07, 6.45) is 14.8. The minimum Gasteiger partial charge on any atom is -0.319 e. The van der Waals surface area contributed by atoms with Crippen LogP contribution in [-0.2, 0) is 4.42 Å². The van der Waals surface area contributed by atoms with Crippen molar-refractivity contribution in [2.75, 3.05) is 6.61 Å². The predicted octanol–water partition coefficient (Wildman–Crippen LogP) is 10.2. The van der Waals surface area contributed by atoms with Gasteiger partial charge >= 0.3 is 6.47 Å². The highest BCUT2D eigenvalue weighted by Gasteiger charge is 2.30. The molecular weight excluding hydrogens is 540 g/mol. The summed E-state index contributed by atoms with van der Waals surface area (Å²) in [5.74, 6) is 0.656. The van der Waals surface area contributed by atoms with Crippen molar-refractivity contribution in [1.29, 1.82) is 0 Å². The van der Waals surface area contributed by atoms with Crippen molar-refractivity contribution < 1.29 is 9.16 Å². The molecule has 0 heterocycles. The summed E-state index contributed by atoms with van der Waals surface area (Å²) in [6, 6.07) is 11.7. The van der Waals surface area contributed by atoms with Crippen molar-refractivity contribution in [3.05, 3.63) is 136 Å². The number of carbonyl (C=O) groups excluding carboxylic acids is 1. The molecule has 0 fully saturated rings. The maximum Gasteiger partial charge on any atom is 0.479 e. The number of hydrogen-bond acceptors (Lipinski definition) is 3. The molecule has 0 radical (unpaired) electrons. The third-order valence-corrected chi connectivity index (χ3v) is 7.22. The highest BCUT2D eigenvalue weighted by molar-refractivity contribution is 5.85. The van der Waals surface area contributed by atoms with Crippen molar-refractivity contribution in [3.8, 4) is 5.75 Å². The molecule has 0 spiro atoms. The zero-order chi connectivity index (χ0) is 32.6. The van der Waals surface area contributed by atoms with Gasteiger partial charge in [0.25, 0.3) is 5.75 Å². The van der Waals surface area contributed by atoms with Gasteiger partial charge in [-0.15, -0.1) is 0 Å². The largest absolute Gasteiger partial charge is 0.479 e. The normalized spacial score (nSPS) is 15.2. The average molecular weight is 592 g/mol. The first-order valence-electron chi connectivity index (χ1n) is 15.5. The van der Waals surface area contributed by atoms with E-state index in [4.69, 9.17) is 19.1 Å². The quantitative estimate of drug-likeness (QED) is 0.0796. The van der Waals surface area contributed by atoms with Crippen molar-refractivity contribution in [2.24, 2.45) is 9.98 Å². The zero-order valence-corrected chi connectivity index (χ0v) is 28.3. The molecule has 2 aromatic rings. The fourth-order valence-electron chi connectivity index (χ4n) is 5.49. The van der Waals surface area contributed by atoms with Crippen LogP contribution in [0.15, 0.2) is 118 Å². The van der Waals surface area contributed by atoms with E-state index in [-0.39, 0.29) is 12.1 Å². The highest BCUT2D eigenvalue weighted by Crippen LogP contribution is 2.39. The fourth-order valence-corrected chi connectivity index (χ4v) is 5.49. The molecular formula is C40H51N2O2+. The SMILES string of the molecule is C=CC[O+]=COc1ccccc1C=N[C@H](c1c(C)cc(C)cc1C)C(N=CC(=C)/C=C\C)C1=C(C)CC=C(C)C=C1C.CC. The molecule has 0 aromatic heterocycles. The molecule has 4 heteroatoms. The highest BCUT2D eigenvalue weighted by atomic mass is 16.6. The van der Waals surface area contributed by atoms with Crippen LogP contribution in [0, 0.1) is 20.8 Å². The number of rotatable bonds is 12. The van der Waals surface area contributed by atoms with E-state index in [9.17, 15) is 0 Å². The Morgan fingerprint density at radius 2 is 1.68 bits per heavy atom. The average Bonchev–Trinajstić information content (AvgIpc) is 3.11. The predicted molar refractivity (Wildman–Crippen MR) is 192 cm³/mol. The van der Waals surface area contributed by atoms with Gasteiger partial charge in [0, 0.05) is 18.5 Å². The maximum atomic E-state index is 5.83. The van der Waals surface area contributed by atoms with Gasteiger partial charge in [0.05, 0.1) is 5.56 Å². The Hall–Kier alpha value is -4.31. The smallest absolute Gasteiger partial charge is 0.319 e. The Morgan fingerprint density at radius 3 is 2.34 bits per heavy atom. The van der Waals surface area contributed by atoms with E-state index < -0.39 is 0 Å². The van der Waals surface area contributed by atoms with E-state index >= 15 is 0 Å². The summed E-state index contributed by atoms with van der Waals surface area (Å²) in [5, 5.41) is 0. The number of aliphatic imine (C=N–C) groups is 2. The Balaban J connectivity index is 0.00000330. The summed E-state index contributed by atoms with van der Waals surface area (Å²) < 4.78 is 11.2. The second-order valence-electron chi connectivity index (χ2n) is 10.9. The topological polar surface area (TPSA) is 45.2 Å². The van der Waals surface area contributed by atoms with E-state index in [2.05, 4.69) is 79.0 Å². The molecule has 44 heavy (non-hydrogen) atoms. The van der Waals surface area contributed by atoms with Gasteiger partial charge in [-0.25, -0.2) is 0 Å². The minimum atomic E-state index is -0.291. The van der Waals surface area contributed by atoms with Crippen LogP contribution < -0.4 is 4.74 Å². The van der Waals surface area contributed by atoms with Crippen LogP contribution in [0.5, 0.6) is 5.75 Å². The van der Waals surface area contributed by atoms with Gasteiger partial charge in [-0.2, -0.15) is 0 Å². The summed E-state index contributed by atoms with van der Waals surface area (Å²) in [4.78, 5) is 10.6. The first kappa shape index (κ1) is 35.9. The lowest BCUT2D eigenvalue weighted by Crippen LogP contribution is -2.22. The Labute approximate surface area is 266 Å². The first-order valence-corrected chi connectivity index (χ1v) is 15.5. The van der Waals surface area contributed by atoms with Crippen molar-refractivity contribution in [2.45, 2.75) is 80.8 Å². The molecule has 2 atom stereocenters. The van der Waals surface area contributed by atoms with Crippen LogP contribution in [0.4, 0.5) is 0 Å². The summed E-state index contributed by atoms with van der Waals surface area (Å²) in [6.45, 7) is 28.6. The van der Waals surface area contributed by atoms with Crippen LogP contribution in [0.25, 0.3) is 0 Å². The molecule has 2 aromatic carbocycles. The van der Waals surface area contributed by atoms with E-state index in [1.165, 1.54) is 51.0 Å². The molecule has 3 rings (SSSR count). The standard InChI is InChI=1S/C38H45N2O2.C2H6/c1-10-14-27(4)23-39-37(35-29(6)18-17-26(3)20-30(35)7)38(36-31(8)21-28(5)22-32(36)9)40-24-33-15-12-13-16-34(33)42-25-41-19-11-2;1-2/h10-17,20-25,37-38H,2,4,18-19H2,1,3,5-9H3;1-2H3/q+1;/b14-10-,39-23?,40-24?;/t37?,38-;/m1./s1. The fraction of sp³-hybridized carbons (Fsp3) is 0.325. The minimum absolute atomic E-state index is 0.269. The van der Waals surface area contributed by atoms with Crippen molar-refractivity contribution in [1.82, 2.24) is 0 Å². The van der Waals surface area contributed by atoms with Gasteiger partial charge in [-0.3, -0.25) is 14.7 Å².